The van der Waals surface area contributed by atoms with Crippen molar-refractivity contribution in [2.24, 2.45) is 10.7 Å². The molecular weight excluding hydrogens is 318 g/mol. The second-order valence-corrected chi connectivity index (χ2v) is 6.59. The highest BCUT2D eigenvalue weighted by atomic mass is 32.2. The van der Waals surface area contributed by atoms with Gasteiger partial charge in [0.2, 0.25) is 0 Å². The second-order valence-electron chi connectivity index (χ2n) is 4.56. The molecular formula is C15H9N3O2S2. The molecule has 1 aliphatic rings. The average molecular weight is 327 g/mol. The number of thiazole rings is 1. The monoisotopic (exact) mass is 327 g/mol. The molecule has 2 N–H and O–H groups in total. The van der Waals surface area contributed by atoms with E-state index in [2.05, 4.69) is 9.98 Å². The molecule has 0 unspecified atom stereocenters. The molecule has 0 fully saturated rings. The van der Waals surface area contributed by atoms with Crippen LogP contribution < -0.4 is 5.73 Å². The van der Waals surface area contributed by atoms with Gasteiger partial charge in [-0.25, -0.2) is 4.98 Å². The van der Waals surface area contributed by atoms with Gasteiger partial charge in [0.15, 0.2) is 10.8 Å². The van der Waals surface area contributed by atoms with E-state index < -0.39 is 0 Å². The Hall–Kier alpha value is -2.38. The van der Waals surface area contributed by atoms with Crippen LogP contribution in [0.15, 0.2) is 50.7 Å². The number of nitrogens with two attached hydrogens (primary N) is 1. The molecule has 3 aromatic rings. The van der Waals surface area contributed by atoms with E-state index in [9.17, 15) is 4.79 Å². The molecule has 1 aliphatic heterocycles. The molecule has 4 rings (SSSR count). The molecule has 0 atom stereocenters. The number of hydrogen-bond acceptors (Lipinski definition) is 6. The maximum absolute atomic E-state index is 11.2. The maximum atomic E-state index is 11.2. The Bertz CT molecular complexity index is 920. The van der Waals surface area contributed by atoms with Crippen LogP contribution in [0.4, 0.5) is 4.79 Å². The lowest BCUT2D eigenvalue weighted by atomic mass is 10.3. The predicted octanol–water partition coefficient (Wildman–Crippen LogP) is 4.12. The first-order chi connectivity index (χ1) is 10.7. The minimum atomic E-state index is -0.304. The van der Waals surface area contributed by atoms with Crippen molar-refractivity contribution in [3.05, 3.63) is 47.1 Å². The summed E-state index contributed by atoms with van der Waals surface area (Å²) in [4.78, 5) is 20.0. The van der Waals surface area contributed by atoms with Gasteiger partial charge in [0, 0.05) is 0 Å². The van der Waals surface area contributed by atoms with Crippen LogP contribution >= 0.6 is 23.1 Å². The summed E-state index contributed by atoms with van der Waals surface area (Å²) in [5.41, 5.74) is 6.63. The van der Waals surface area contributed by atoms with Crippen molar-refractivity contribution < 1.29 is 9.21 Å². The summed E-state index contributed by atoms with van der Waals surface area (Å²) in [5, 5.41) is 0.518. The minimum Gasteiger partial charge on any atom is -0.454 e. The number of benzene rings is 1. The smallest absolute Gasteiger partial charge is 0.311 e. The first kappa shape index (κ1) is 13.3. The molecule has 0 spiro atoms. The van der Waals surface area contributed by atoms with Gasteiger partial charge >= 0.3 is 5.24 Å². The zero-order chi connectivity index (χ0) is 15.1. The number of hydrogen-bond donors (Lipinski definition) is 1. The molecule has 0 bridgehead atoms. The molecule has 0 saturated carbocycles. The third kappa shape index (κ3) is 2.34. The Morgan fingerprint density at radius 3 is 2.82 bits per heavy atom. The van der Waals surface area contributed by atoms with Gasteiger partial charge in [-0.05, 0) is 42.1 Å². The SMILES string of the molecule is NC1=NC(=O)S/C1=C/c1ccc(-c2nc3ccccc3s2)o1. The normalized spacial score (nSPS) is 16.6. The Morgan fingerprint density at radius 1 is 1.18 bits per heavy atom. The van der Waals surface area contributed by atoms with Crippen LogP contribution in [0.2, 0.25) is 0 Å². The van der Waals surface area contributed by atoms with Crippen LogP contribution in [-0.4, -0.2) is 16.1 Å². The van der Waals surface area contributed by atoms with Crippen LogP contribution in [0.5, 0.6) is 0 Å². The Morgan fingerprint density at radius 2 is 2.05 bits per heavy atom. The molecule has 0 radical (unpaired) electrons. The highest BCUT2D eigenvalue weighted by molar-refractivity contribution is 8.18. The largest absolute Gasteiger partial charge is 0.454 e. The van der Waals surface area contributed by atoms with Crippen molar-refractivity contribution >= 4 is 50.5 Å². The number of carbonyl (C=O) groups excluding carboxylic acids is 1. The highest BCUT2D eigenvalue weighted by Gasteiger charge is 2.19. The quantitative estimate of drug-likeness (QED) is 0.765. The summed E-state index contributed by atoms with van der Waals surface area (Å²) in [5.74, 6) is 1.54. The number of amides is 1. The number of aromatic nitrogens is 1. The van der Waals surface area contributed by atoms with Crippen molar-refractivity contribution in [1.29, 1.82) is 0 Å². The number of carbonyl (C=O) groups is 1. The molecule has 2 aromatic heterocycles. The predicted molar refractivity (Wildman–Crippen MR) is 89.9 cm³/mol. The molecule has 0 aliphatic carbocycles. The van der Waals surface area contributed by atoms with Crippen LogP contribution in [0.3, 0.4) is 0 Å². The van der Waals surface area contributed by atoms with Gasteiger partial charge in [-0.3, -0.25) is 4.79 Å². The average Bonchev–Trinajstić information content (AvgIpc) is 3.18. The van der Waals surface area contributed by atoms with Gasteiger partial charge in [-0.2, -0.15) is 4.99 Å². The third-order valence-electron chi connectivity index (χ3n) is 3.07. The molecule has 108 valence electrons. The van der Waals surface area contributed by atoms with E-state index in [1.54, 1.807) is 17.4 Å². The van der Waals surface area contributed by atoms with E-state index in [1.807, 2.05) is 36.4 Å². The van der Waals surface area contributed by atoms with E-state index in [-0.39, 0.29) is 11.1 Å². The van der Waals surface area contributed by atoms with Crippen LogP contribution in [0.25, 0.3) is 27.1 Å². The summed E-state index contributed by atoms with van der Waals surface area (Å²) >= 11 is 2.57. The summed E-state index contributed by atoms with van der Waals surface area (Å²) < 4.78 is 6.89. The lowest BCUT2D eigenvalue weighted by Gasteiger charge is -1.93. The number of thioether (sulfide) groups is 1. The highest BCUT2D eigenvalue weighted by Crippen LogP contribution is 2.33. The number of aliphatic imine (C=N–C) groups is 1. The zero-order valence-electron chi connectivity index (χ0n) is 11.1. The molecule has 1 amide bonds. The molecule has 0 saturated heterocycles. The van der Waals surface area contributed by atoms with Crippen molar-refractivity contribution in [3.8, 4) is 10.8 Å². The fraction of sp³-hybridized carbons (Fsp3) is 0. The fourth-order valence-corrected chi connectivity index (χ4v) is 3.66. The van der Waals surface area contributed by atoms with Crippen LogP contribution in [-0.2, 0) is 0 Å². The lowest BCUT2D eigenvalue weighted by Crippen LogP contribution is -2.08. The van der Waals surface area contributed by atoms with Crippen LogP contribution in [0.1, 0.15) is 5.76 Å². The van der Waals surface area contributed by atoms with E-state index in [1.165, 1.54) is 0 Å². The van der Waals surface area contributed by atoms with Crippen LogP contribution in [0, 0.1) is 0 Å². The van der Waals surface area contributed by atoms with Gasteiger partial charge in [0.1, 0.15) is 11.6 Å². The summed E-state index contributed by atoms with van der Waals surface area (Å²) in [6.07, 6.45) is 1.71. The number of rotatable bonds is 2. The molecule has 1 aromatic carbocycles. The Kier molecular flexibility index (Phi) is 3.09. The first-order valence-electron chi connectivity index (χ1n) is 6.43. The van der Waals surface area contributed by atoms with E-state index in [0.29, 0.717) is 16.4 Å². The summed E-state index contributed by atoms with van der Waals surface area (Å²) in [7, 11) is 0. The van der Waals surface area contributed by atoms with E-state index in [4.69, 9.17) is 10.2 Å². The Balaban J connectivity index is 1.68. The van der Waals surface area contributed by atoms with Gasteiger partial charge in [0.05, 0.1) is 15.1 Å². The summed E-state index contributed by atoms with van der Waals surface area (Å²) in [6.45, 7) is 0. The van der Waals surface area contributed by atoms with Gasteiger partial charge < -0.3 is 10.2 Å². The lowest BCUT2D eigenvalue weighted by molar-refractivity contribution is 0.268. The topological polar surface area (TPSA) is 81.5 Å². The molecule has 22 heavy (non-hydrogen) atoms. The number of furan rings is 1. The van der Waals surface area contributed by atoms with Gasteiger partial charge in [-0.1, -0.05) is 12.1 Å². The molecule has 7 heteroatoms. The number of amidine groups is 1. The van der Waals surface area contributed by atoms with Crippen molar-refractivity contribution in [2.75, 3.05) is 0 Å². The second kappa shape index (κ2) is 5.11. The van der Waals surface area contributed by atoms with Crippen molar-refractivity contribution in [2.45, 2.75) is 0 Å². The van der Waals surface area contributed by atoms with E-state index in [0.717, 1.165) is 27.0 Å². The number of fused-ring (bicyclic) bond motifs is 1. The minimum absolute atomic E-state index is 0.230. The van der Waals surface area contributed by atoms with Crippen molar-refractivity contribution in [3.63, 3.8) is 0 Å². The third-order valence-corrected chi connectivity index (χ3v) is 4.93. The van der Waals surface area contributed by atoms with Gasteiger partial charge in [0.25, 0.3) is 0 Å². The van der Waals surface area contributed by atoms with Gasteiger partial charge in [-0.15, -0.1) is 11.3 Å². The number of para-hydroxylation sites is 1. The first-order valence-corrected chi connectivity index (χ1v) is 8.06. The van der Waals surface area contributed by atoms with Crippen molar-refractivity contribution in [1.82, 2.24) is 4.98 Å². The fourth-order valence-electron chi connectivity index (χ4n) is 2.08. The zero-order valence-corrected chi connectivity index (χ0v) is 12.8. The summed E-state index contributed by atoms with van der Waals surface area (Å²) in [6, 6.07) is 11.6. The molecule has 3 heterocycles. The standard InChI is InChI=1S/C15H9N3O2S2/c16-13-12(22-15(19)18-13)7-8-5-6-10(20-8)14-17-9-3-1-2-4-11(9)21-14/h1-7H,(H2,16,18,19)/b12-7+. The number of nitrogens with zero attached hydrogens (tertiary/aromatic N) is 2. The Labute approximate surface area is 133 Å². The molecule has 5 nitrogen and oxygen atoms in total. The van der Waals surface area contributed by atoms with E-state index >= 15 is 0 Å². The maximum Gasteiger partial charge on any atom is 0.311 e.